The maximum Gasteiger partial charge on any atom is 0.230 e. The van der Waals surface area contributed by atoms with Crippen molar-refractivity contribution in [2.24, 2.45) is 0 Å². The van der Waals surface area contributed by atoms with E-state index in [4.69, 9.17) is 10.3 Å². The first-order valence-corrected chi connectivity index (χ1v) is 9.95. The number of carbonyl (C=O) groups excluding carboxylic acids is 1. The molecule has 2 heterocycles. The standard InChI is InChI=1S/C19H24N6O2S/c1-14-16(9-12-27-14)18-22-23-19(25(18)20)28-13-17(26)21-10-6-11-24(2)15-7-4-3-5-8-15/h3-5,7-9,12H,6,10-11,13,20H2,1-2H3,(H,21,26). The Kier molecular flexibility index (Phi) is 6.59. The molecule has 148 valence electrons. The number of nitrogens with two attached hydrogens (primary N) is 1. The normalized spacial score (nSPS) is 10.8. The lowest BCUT2D eigenvalue weighted by Gasteiger charge is -2.19. The van der Waals surface area contributed by atoms with E-state index in [1.807, 2.05) is 32.2 Å². The van der Waals surface area contributed by atoms with E-state index in [0.29, 0.717) is 23.3 Å². The average molecular weight is 401 g/mol. The van der Waals surface area contributed by atoms with Crippen LogP contribution in [0, 0.1) is 6.92 Å². The van der Waals surface area contributed by atoms with Gasteiger partial charge in [0.15, 0.2) is 5.82 Å². The van der Waals surface area contributed by atoms with Crippen LogP contribution in [0.25, 0.3) is 11.4 Å². The number of nitrogens with zero attached hydrogens (tertiary/aromatic N) is 4. The van der Waals surface area contributed by atoms with Crippen LogP contribution in [0.4, 0.5) is 5.69 Å². The van der Waals surface area contributed by atoms with Gasteiger partial charge in [0.05, 0.1) is 17.6 Å². The molecular weight excluding hydrogens is 376 g/mol. The third kappa shape index (κ3) is 4.86. The second kappa shape index (κ2) is 9.32. The lowest BCUT2D eigenvalue weighted by molar-refractivity contribution is -0.118. The number of hydrogen-bond acceptors (Lipinski definition) is 7. The summed E-state index contributed by atoms with van der Waals surface area (Å²) in [5.74, 6) is 7.45. The molecule has 0 saturated heterocycles. The zero-order valence-electron chi connectivity index (χ0n) is 16.0. The fraction of sp³-hybridized carbons (Fsp3) is 0.316. The van der Waals surface area contributed by atoms with Crippen LogP contribution in [0.3, 0.4) is 0 Å². The van der Waals surface area contributed by atoms with Crippen molar-refractivity contribution in [1.82, 2.24) is 20.2 Å². The molecule has 1 aromatic carbocycles. The van der Waals surface area contributed by atoms with E-state index < -0.39 is 0 Å². The summed E-state index contributed by atoms with van der Waals surface area (Å²) in [6.45, 7) is 3.31. The number of benzene rings is 1. The van der Waals surface area contributed by atoms with E-state index >= 15 is 0 Å². The first kappa shape index (κ1) is 19.8. The Morgan fingerprint density at radius 3 is 2.79 bits per heavy atom. The molecule has 1 amide bonds. The van der Waals surface area contributed by atoms with Gasteiger partial charge in [0, 0.05) is 25.8 Å². The van der Waals surface area contributed by atoms with Crippen molar-refractivity contribution < 1.29 is 9.21 Å². The number of rotatable bonds is 9. The predicted octanol–water partition coefficient (Wildman–Crippen LogP) is 2.30. The van der Waals surface area contributed by atoms with Crippen LogP contribution in [0.1, 0.15) is 12.2 Å². The molecule has 9 heteroatoms. The highest BCUT2D eigenvalue weighted by molar-refractivity contribution is 7.99. The van der Waals surface area contributed by atoms with Crippen molar-refractivity contribution in [2.45, 2.75) is 18.5 Å². The quantitative estimate of drug-likeness (QED) is 0.323. The summed E-state index contributed by atoms with van der Waals surface area (Å²) >= 11 is 1.25. The average Bonchev–Trinajstić information content (AvgIpc) is 3.29. The first-order valence-electron chi connectivity index (χ1n) is 8.97. The van der Waals surface area contributed by atoms with E-state index in [9.17, 15) is 4.79 Å². The fourth-order valence-corrected chi connectivity index (χ4v) is 3.40. The highest BCUT2D eigenvalue weighted by Gasteiger charge is 2.16. The molecular formula is C19H24N6O2S. The highest BCUT2D eigenvalue weighted by atomic mass is 32.2. The van der Waals surface area contributed by atoms with E-state index in [1.54, 1.807) is 12.3 Å². The van der Waals surface area contributed by atoms with Crippen molar-refractivity contribution in [1.29, 1.82) is 0 Å². The summed E-state index contributed by atoms with van der Waals surface area (Å²) in [7, 11) is 2.04. The Hall–Kier alpha value is -2.94. The molecule has 0 aliphatic heterocycles. The number of amides is 1. The van der Waals surface area contributed by atoms with Crippen molar-refractivity contribution >= 4 is 23.4 Å². The molecule has 0 aliphatic carbocycles. The number of carbonyl (C=O) groups is 1. The monoisotopic (exact) mass is 400 g/mol. The van der Waals surface area contributed by atoms with Gasteiger partial charge >= 0.3 is 0 Å². The number of nitrogens with one attached hydrogen (secondary N) is 1. The molecule has 0 spiro atoms. The van der Waals surface area contributed by atoms with E-state index in [-0.39, 0.29) is 11.7 Å². The Balaban J connectivity index is 1.40. The Bertz CT molecular complexity index is 908. The third-order valence-corrected chi connectivity index (χ3v) is 5.23. The molecule has 0 unspecified atom stereocenters. The number of nitrogen functional groups attached to an aromatic ring is 1. The van der Waals surface area contributed by atoms with Crippen LogP contribution >= 0.6 is 11.8 Å². The fourth-order valence-electron chi connectivity index (χ4n) is 2.71. The number of aryl methyl sites for hydroxylation is 1. The van der Waals surface area contributed by atoms with Gasteiger partial charge in [-0.2, -0.15) is 0 Å². The SMILES string of the molecule is Cc1occc1-c1nnc(SCC(=O)NCCCN(C)c2ccccc2)n1N. The van der Waals surface area contributed by atoms with E-state index in [0.717, 1.165) is 24.2 Å². The summed E-state index contributed by atoms with van der Waals surface area (Å²) in [5, 5.41) is 11.6. The Morgan fingerprint density at radius 2 is 2.07 bits per heavy atom. The maximum atomic E-state index is 12.1. The van der Waals surface area contributed by atoms with Crippen LogP contribution in [0.15, 0.2) is 52.2 Å². The van der Waals surface area contributed by atoms with Crippen LogP contribution in [0.2, 0.25) is 0 Å². The zero-order chi connectivity index (χ0) is 19.9. The maximum absolute atomic E-state index is 12.1. The minimum atomic E-state index is -0.0589. The summed E-state index contributed by atoms with van der Waals surface area (Å²) < 4.78 is 6.65. The van der Waals surface area contributed by atoms with E-state index in [2.05, 4.69) is 32.5 Å². The molecule has 3 rings (SSSR count). The van der Waals surface area contributed by atoms with Crippen LogP contribution in [-0.4, -0.2) is 46.7 Å². The summed E-state index contributed by atoms with van der Waals surface area (Å²) in [5.41, 5.74) is 1.95. The van der Waals surface area contributed by atoms with Crippen molar-refractivity contribution in [3.63, 3.8) is 0 Å². The van der Waals surface area contributed by atoms with Gasteiger partial charge in [0.1, 0.15) is 5.76 Å². The molecule has 0 aliphatic rings. The Morgan fingerprint density at radius 1 is 1.29 bits per heavy atom. The van der Waals surface area contributed by atoms with Gasteiger partial charge in [-0.1, -0.05) is 30.0 Å². The Labute approximate surface area is 168 Å². The smallest absolute Gasteiger partial charge is 0.230 e. The number of thioether (sulfide) groups is 1. The van der Waals surface area contributed by atoms with Gasteiger partial charge in [-0.15, -0.1) is 10.2 Å². The lowest BCUT2D eigenvalue weighted by Crippen LogP contribution is -2.29. The molecule has 3 aromatic rings. The molecule has 0 fully saturated rings. The van der Waals surface area contributed by atoms with Crippen LogP contribution in [-0.2, 0) is 4.79 Å². The molecule has 0 atom stereocenters. The number of hydrogen-bond donors (Lipinski definition) is 2. The second-order valence-corrected chi connectivity index (χ2v) is 7.26. The van der Waals surface area contributed by atoms with E-state index in [1.165, 1.54) is 16.4 Å². The molecule has 0 saturated carbocycles. The first-order chi connectivity index (χ1) is 13.6. The molecule has 3 N–H and O–H groups in total. The minimum absolute atomic E-state index is 0.0589. The summed E-state index contributed by atoms with van der Waals surface area (Å²) in [6, 6.07) is 11.9. The van der Waals surface area contributed by atoms with Gasteiger partial charge in [-0.05, 0) is 31.5 Å². The van der Waals surface area contributed by atoms with Gasteiger partial charge in [0.25, 0.3) is 0 Å². The number of aromatic nitrogens is 3. The predicted molar refractivity (Wildman–Crippen MR) is 111 cm³/mol. The highest BCUT2D eigenvalue weighted by Crippen LogP contribution is 2.24. The van der Waals surface area contributed by atoms with Crippen LogP contribution < -0.4 is 16.1 Å². The van der Waals surface area contributed by atoms with Crippen LogP contribution in [0.5, 0.6) is 0 Å². The minimum Gasteiger partial charge on any atom is -0.469 e. The van der Waals surface area contributed by atoms with Gasteiger partial charge < -0.3 is 20.5 Å². The summed E-state index contributed by atoms with van der Waals surface area (Å²) in [6.07, 6.45) is 2.44. The van der Waals surface area contributed by atoms with Crippen molar-refractivity contribution in [2.75, 3.05) is 36.6 Å². The zero-order valence-corrected chi connectivity index (χ0v) is 16.8. The van der Waals surface area contributed by atoms with Gasteiger partial charge in [-0.25, -0.2) is 4.68 Å². The summed E-state index contributed by atoms with van der Waals surface area (Å²) in [4.78, 5) is 14.2. The molecule has 8 nitrogen and oxygen atoms in total. The van der Waals surface area contributed by atoms with Crippen molar-refractivity contribution in [3.8, 4) is 11.4 Å². The second-order valence-electron chi connectivity index (χ2n) is 6.32. The lowest BCUT2D eigenvalue weighted by atomic mass is 10.2. The largest absolute Gasteiger partial charge is 0.469 e. The molecule has 0 radical (unpaired) electrons. The number of para-hydroxylation sites is 1. The number of anilines is 1. The molecule has 2 aromatic heterocycles. The van der Waals surface area contributed by atoms with Gasteiger partial charge in [-0.3, -0.25) is 4.79 Å². The molecule has 28 heavy (non-hydrogen) atoms. The van der Waals surface area contributed by atoms with Crippen molar-refractivity contribution in [3.05, 3.63) is 48.4 Å². The third-order valence-electron chi connectivity index (χ3n) is 4.29. The van der Waals surface area contributed by atoms with Gasteiger partial charge in [0.2, 0.25) is 11.1 Å². The number of furan rings is 1. The topological polar surface area (TPSA) is 102 Å². The molecule has 0 bridgehead atoms.